The van der Waals surface area contributed by atoms with Crippen LogP contribution in [0.4, 0.5) is 14.5 Å². The van der Waals surface area contributed by atoms with Crippen LogP contribution >= 0.6 is 0 Å². The average molecular weight is 261 g/mol. The van der Waals surface area contributed by atoms with E-state index in [2.05, 4.69) is 31.3 Å². The summed E-state index contributed by atoms with van der Waals surface area (Å²) in [7, 11) is 0. The van der Waals surface area contributed by atoms with Gasteiger partial charge in [-0.25, -0.2) is 8.78 Å². The molecule has 0 spiro atoms. The predicted molar refractivity (Wildman–Crippen MR) is 74.2 cm³/mol. The lowest BCUT2D eigenvalue weighted by Gasteiger charge is -2.09. The number of hydrogen-bond acceptors (Lipinski definition) is 1. The summed E-state index contributed by atoms with van der Waals surface area (Å²) in [5.41, 5.74) is 2.81. The van der Waals surface area contributed by atoms with Gasteiger partial charge in [-0.2, -0.15) is 0 Å². The van der Waals surface area contributed by atoms with Gasteiger partial charge in [-0.3, -0.25) is 0 Å². The first-order chi connectivity index (χ1) is 9.04. The summed E-state index contributed by atoms with van der Waals surface area (Å²) in [5, 5.41) is 3.01. The quantitative estimate of drug-likeness (QED) is 0.841. The van der Waals surface area contributed by atoms with Crippen LogP contribution in [0.5, 0.6) is 0 Å². The summed E-state index contributed by atoms with van der Waals surface area (Å²) >= 11 is 0. The summed E-state index contributed by atoms with van der Waals surface area (Å²) in [6.07, 6.45) is 0. The van der Waals surface area contributed by atoms with Crippen molar-refractivity contribution >= 4 is 5.69 Å². The molecule has 2 aromatic carbocycles. The molecular formula is C16H17F2N. The molecule has 2 aromatic rings. The fourth-order valence-corrected chi connectivity index (χ4v) is 1.88. The van der Waals surface area contributed by atoms with Gasteiger partial charge < -0.3 is 5.32 Å². The van der Waals surface area contributed by atoms with Gasteiger partial charge in [-0.1, -0.05) is 38.1 Å². The molecule has 0 amide bonds. The van der Waals surface area contributed by atoms with Crippen molar-refractivity contribution in [2.75, 3.05) is 5.32 Å². The third kappa shape index (κ3) is 3.78. The summed E-state index contributed by atoms with van der Waals surface area (Å²) in [5.74, 6) is -0.644. The zero-order chi connectivity index (χ0) is 13.8. The van der Waals surface area contributed by atoms with Crippen LogP contribution in [-0.2, 0) is 6.54 Å². The standard InChI is InChI=1S/C16H17F2N/c1-11(2)13-5-3-12(4-6-13)10-19-16-8-14(17)7-15(18)9-16/h3-9,11,19H,10H2,1-2H3. The molecule has 0 atom stereocenters. The topological polar surface area (TPSA) is 12.0 Å². The highest BCUT2D eigenvalue weighted by molar-refractivity contribution is 5.44. The van der Waals surface area contributed by atoms with Crippen LogP contribution in [0.3, 0.4) is 0 Å². The van der Waals surface area contributed by atoms with E-state index in [9.17, 15) is 8.78 Å². The highest BCUT2D eigenvalue weighted by atomic mass is 19.1. The van der Waals surface area contributed by atoms with Gasteiger partial charge in [0.2, 0.25) is 0 Å². The third-order valence-electron chi connectivity index (χ3n) is 3.01. The van der Waals surface area contributed by atoms with Gasteiger partial charge in [0.15, 0.2) is 0 Å². The molecule has 0 aliphatic rings. The molecule has 100 valence electrons. The molecule has 19 heavy (non-hydrogen) atoms. The Morgan fingerprint density at radius 3 is 2.05 bits per heavy atom. The summed E-state index contributed by atoms with van der Waals surface area (Å²) in [6.45, 7) is 4.83. The SMILES string of the molecule is CC(C)c1ccc(CNc2cc(F)cc(F)c2)cc1. The van der Waals surface area contributed by atoms with Gasteiger partial charge in [0, 0.05) is 18.3 Å². The van der Waals surface area contributed by atoms with Crippen molar-refractivity contribution in [3.05, 3.63) is 65.2 Å². The lowest BCUT2D eigenvalue weighted by Crippen LogP contribution is -2.00. The molecule has 3 heteroatoms. The molecule has 0 aromatic heterocycles. The fourth-order valence-electron chi connectivity index (χ4n) is 1.88. The molecule has 0 saturated carbocycles. The number of halogens is 2. The molecule has 1 nitrogen and oxygen atoms in total. The monoisotopic (exact) mass is 261 g/mol. The van der Waals surface area contributed by atoms with Crippen LogP contribution in [0.1, 0.15) is 30.9 Å². The van der Waals surface area contributed by atoms with Crippen molar-refractivity contribution < 1.29 is 8.78 Å². The normalized spacial score (nSPS) is 10.8. The van der Waals surface area contributed by atoms with Crippen LogP contribution < -0.4 is 5.32 Å². The minimum Gasteiger partial charge on any atom is -0.381 e. The van der Waals surface area contributed by atoms with E-state index < -0.39 is 11.6 Å². The Kier molecular flexibility index (Phi) is 4.15. The van der Waals surface area contributed by atoms with Gasteiger partial charge in [0.1, 0.15) is 11.6 Å². The van der Waals surface area contributed by atoms with E-state index >= 15 is 0 Å². The first kappa shape index (κ1) is 13.5. The molecule has 0 aliphatic carbocycles. The van der Waals surface area contributed by atoms with Gasteiger partial charge in [-0.05, 0) is 29.2 Å². The van der Waals surface area contributed by atoms with E-state index in [1.807, 2.05) is 12.1 Å². The Hall–Kier alpha value is -1.90. The van der Waals surface area contributed by atoms with Crippen molar-refractivity contribution in [3.63, 3.8) is 0 Å². The van der Waals surface area contributed by atoms with E-state index in [1.165, 1.54) is 17.7 Å². The zero-order valence-electron chi connectivity index (χ0n) is 11.1. The summed E-state index contributed by atoms with van der Waals surface area (Å²) in [4.78, 5) is 0. The number of benzene rings is 2. The number of rotatable bonds is 4. The molecule has 0 aliphatic heterocycles. The highest BCUT2D eigenvalue weighted by Gasteiger charge is 2.01. The van der Waals surface area contributed by atoms with Crippen molar-refractivity contribution in [2.24, 2.45) is 0 Å². The number of nitrogens with one attached hydrogen (secondary N) is 1. The molecule has 0 saturated heterocycles. The number of anilines is 1. The molecule has 0 heterocycles. The van der Waals surface area contributed by atoms with Crippen LogP contribution in [0.15, 0.2) is 42.5 Å². The fraction of sp³-hybridized carbons (Fsp3) is 0.250. The Morgan fingerprint density at radius 1 is 0.947 bits per heavy atom. The largest absolute Gasteiger partial charge is 0.381 e. The number of hydrogen-bond donors (Lipinski definition) is 1. The van der Waals surface area contributed by atoms with E-state index in [-0.39, 0.29) is 0 Å². The molecular weight excluding hydrogens is 244 g/mol. The highest BCUT2D eigenvalue weighted by Crippen LogP contribution is 2.17. The Morgan fingerprint density at radius 2 is 1.53 bits per heavy atom. The maximum atomic E-state index is 13.0. The van der Waals surface area contributed by atoms with E-state index in [0.717, 1.165) is 11.6 Å². The van der Waals surface area contributed by atoms with Crippen molar-refractivity contribution in [1.29, 1.82) is 0 Å². The summed E-state index contributed by atoms with van der Waals surface area (Å²) < 4.78 is 26.0. The second kappa shape index (κ2) is 5.83. The molecule has 0 bridgehead atoms. The van der Waals surface area contributed by atoms with Crippen LogP contribution in [0.2, 0.25) is 0 Å². The van der Waals surface area contributed by atoms with Crippen LogP contribution in [-0.4, -0.2) is 0 Å². The Labute approximate surface area is 112 Å². The van der Waals surface area contributed by atoms with Crippen molar-refractivity contribution in [3.8, 4) is 0 Å². The maximum Gasteiger partial charge on any atom is 0.128 e. The molecule has 0 unspecified atom stereocenters. The lowest BCUT2D eigenvalue weighted by molar-refractivity contribution is 0.584. The predicted octanol–water partition coefficient (Wildman–Crippen LogP) is 4.70. The van der Waals surface area contributed by atoms with E-state index in [0.29, 0.717) is 18.2 Å². The smallest absolute Gasteiger partial charge is 0.128 e. The van der Waals surface area contributed by atoms with Crippen molar-refractivity contribution in [2.45, 2.75) is 26.3 Å². The Balaban J connectivity index is 2.02. The minimum absolute atomic E-state index is 0.449. The third-order valence-corrected chi connectivity index (χ3v) is 3.01. The molecule has 2 rings (SSSR count). The molecule has 0 fully saturated rings. The zero-order valence-corrected chi connectivity index (χ0v) is 11.1. The van der Waals surface area contributed by atoms with Gasteiger partial charge in [0.05, 0.1) is 0 Å². The lowest BCUT2D eigenvalue weighted by atomic mass is 10.0. The second-order valence-corrected chi connectivity index (χ2v) is 4.91. The van der Waals surface area contributed by atoms with E-state index in [4.69, 9.17) is 0 Å². The average Bonchev–Trinajstić information content (AvgIpc) is 2.36. The van der Waals surface area contributed by atoms with Gasteiger partial charge in [0.25, 0.3) is 0 Å². The van der Waals surface area contributed by atoms with Gasteiger partial charge in [-0.15, -0.1) is 0 Å². The second-order valence-electron chi connectivity index (χ2n) is 4.91. The first-order valence-electron chi connectivity index (χ1n) is 6.33. The van der Waals surface area contributed by atoms with E-state index in [1.54, 1.807) is 0 Å². The van der Waals surface area contributed by atoms with Gasteiger partial charge >= 0.3 is 0 Å². The first-order valence-corrected chi connectivity index (χ1v) is 6.33. The maximum absolute atomic E-state index is 13.0. The molecule has 0 radical (unpaired) electrons. The summed E-state index contributed by atoms with van der Waals surface area (Å²) in [6, 6.07) is 11.6. The van der Waals surface area contributed by atoms with Crippen LogP contribution in [0, 0.1) is 11.6 Å². The van der Waals surface area contributed by atoms with Crippen molar-refractivity contribution in [1.82, 2.24) is 0 Å². The van der Waals surface area contributed by atoms with Crippen LogP contribution in [0.25, 0.3) is 0 Å². The minimum atomic E-state index is -0.572. The molecule has 1 N–H and O–H groups in total. The Bertz CT molecular complexity index is 527.